The SMILES string of the molecule is CS(=O)(=O)ON1C(=O)Cc2ccccc21.O.O. The van der Waals surface area contributed by atoms with Gasteiger partial charge in [-0.15, -0.1) is 4.28 Å². The van der Waals surface area contributed by atoms with Gasteiger partial charge >= 0.3 is 0 Å². The van der Waals surface area contributed by atoms with Crippen LogP contribution in [0.4, 0.5) is 5.69 Å². The minimum atomic E-state index is -3.68. The molecule has 1 aromatic rings. The summed E-state index contributed by atoms with van der Waals surface area (Å²) in [4.78, 5) is 11.4. The molecule has 2 rings (SSSR count). The van der Waals surface area contributed by atoms with Gasteiger partial charge in [-0.25, -0.2) is 0 Å². The molecule has 17 heavy (non-hydrogen) atoms. The van der Waals surface area contributed by atoms with Crippen molar-refractivity contribution < 1.29 is 28.4 Å². The number of fused-ring (bicyclic) bond motifs is 1. The third kappa shape index (κ3) is 3.24. The van der Waals surface area contributed by atoms with Gasteiger partial charge in [-0.3, -0.25) is 4.79 Å². The van der Waals surface area contributed by atoms with E-state index in [0.717, 1.165) is 16.9 Å². The molecule has 0 fully saturated rings. The van der Waals surface area contributed by atoms with Crippen LogP contribution >= 0.6 is 0 Å². The predicted octanol–water partition coefficient (Wildman–Crippen LogP) is -1.18. The molecule has 8 heteroatoms. The van der Waals surface area contributed by atoms with E-state index in [1.807, 2.05) is 0 Å². The lowest BCUT2D eigenvalue weighted by Gasteiger charge is -2.13. The van der Waals surface area contributed by atoms with Gasteiger partial charge in [-0.2, -0.15) is 13.5 Å². The molecule has 1 aliphatic heterocycles. The molecule has 1 amide bonds. The lowest BCUT2D eigenvalue weighted by atomic mass is 10.2. The van der Waals surface area contributed by atoms with Crippen LogP contribution in [-0.2, 0) is 25.6 Å². The van der Waals surface area contributed by atoms with Gasteiger partial charge in [0.2, 0.25) is 0 Å². The Kier molecular flexibility index (Phi) is 4.78. The number of rotatable bonds is 2. The molecule has 96 valence electrons. The Morgan fingerprint density at radius 1 is 1.24 bits per heavy atom. The first kappa shape index (κ1) is 15.5. The molecule has 1 aromatic carbocycles. The lowest BCUT2D eigenvalue weighted by Crippen LogP contribution is -2.29. The first-order valence-corrected chi connectivity index (χ1v) is 6.09. The van der Waals surface area contributed by atoms with Gasteiger partial charge in [0.25, 0.3) is 16.0 Å². The number of hydrogen-bond acceptors (Lipinski definition) is 4. The molecule has 0 aromatic heterocycles. The number of hydroxylamine groups is 1. The summed E-state index contributed by atoms with van der Waals surface area (Å²) in [6, 6.07) is 6.91. The molecule has 0 spiro atoms. The van der Waals surface area contributed by atoms with Crippen molar-refractivity contribution in [1.29, 1.82) is 0 Å². The maximum absolute atomic E-state index is 11.4. The quantitative estimate of drug-likeness (QED) is 0.665. The minimum absolute atomic E-state index is 0. The van der Waals surface area contributed by atoms with Crippen LogP contribution < -0.4 is 5.06 Å². The molecule has 0 bridgehead atoms. The van der Waals surface area contributed by atoms with E-state index in [0.29, 0.717) is 5.69 Å². The Hall–Kier alpha value is -1.48. The number of carbonyl (C=O) groups excluding carboxylic acids is 1. The van der Waals surface area contributed by atoms with E-state index in [1.54, 1.807) is 24.3 Å². The van der Waals surface area contributed by atoms with E-state index in [1.165, 1.54) is 0 Å². The molecule has 7 nitrogen and oxygen atoms in total. The normalized spacial score (nSPS) is 13.7. The molecule has 4 N–H and O–H groups in total. The largest absolute Gasteiger partial charge is 0.412 e. The topological polar surface area (TPSA) is 127 Å². The van der Waals surface area contributed by atoms with Gasteiger partial charge in [-0.05, 0) is 11.6 Å². The summed E-state index contributed by atoms with van der Waals surface area (Å²) in [5, 5.41) is 0.824. The summed E-state index contributed by atoms with van der Waals surface area (Å²) in [6.07, 6.45) is 1.08. The molecular weight excluding hydrogens is 250 g/mol. The van der Waals surface area contributed by atoms with E-state index in [9.17, 15) is 13.2 Å². The van der Waals surface area contributed by atoms with Gasteiger partial charge in [0, 0.05) is 0 Å². The maximum Gasteiger partial charge on any atom is 0.285 e. The molecule has 0 aliphatic carbocycles. The molecule has 1 heterocycles. The van der Waals surface area contributed by atoms with Crippen LogP contribution in [0.5, 0.6) is 0 Å². The predicted molar refractivity (Wildman–Crippen MR) is 60.8 cm³/mol. The molecule has 0 radical (unpaired) electrons. The molecule has 0 atom stereocenters. The molecule has 0 saturated carbocycles. The van der Waals surface area contributed by atoms with Crippen molar-refractivity contribution >= 4 is 21.7 Å². The third-order valence-electron chi connectivity index (χ3n) is 1.99. The smallest absolute Gasteiger partial charge is 0.285 e. The fraction of sp³-hybridized carbons (Fsp3) is 0.222. The number of carbonyl (C=O) groups is 1. The van der Waals surface area contributed by atoms with Gasteiger partial charge in [0.15, 0.2) is 0 Å². The van der Waals surface area contributed by atoms with Gasteiger partial charge in [0.05, 0.1) is 18.4 Å². The molecule has 1 aliphatic rings. The molecule has 0 unspecified atom stereocenters. The number of amides is 1. The zero-order chi connectivity index (χ0) is 11.1. The summed E-state index contributed by atoms with van der Waals surface area (Å²) < 4.78 is 26.4. The van der Waals surface area contributed by atoms with Gasteiger partial charge in [-0.1, -0.05) is 18.2 Å². The monoisotopic (exact) mass is 263 g/mol. The Morgan fingerprint density at radius 3 is 2.41 bits per heavy atom. The summed E-state index contributed by atoms with van der Waals surface area (Å²) in [5.41, 5.74) is 1.26. The summed E-state index contributed by atoms with van der Waals surface area (Å²) in [7, 11) is -3.68. The number of hydrogen-bond donors (Lipinski definition) is 0. The Morgan fingerprint density at radius 2 is 1.82 bits per heavy atom. The highest BCUT2D eigenvalue weighted by molar-refractivity contribution is 7.86. The van der Waals surface area contributed by atoms with Crippen molar-refractivity contribution in [2.24, 2.45) is 0 Å². The Balaban J connectivity index is 0.00000128. The fourth-order valence-corrected chi connectivity index (χ4v) is 1.88. The highest BCUT2D eigenvalue weighted by Crippen LogP contribution is 2.29. The van der Waals surface area contributed by atoms with E-state index >= 15 is 0 Å². The van der Waals surface area contributed by atoms with E-state index in [-0.39, 0.29) is 23.3 Å². The second-order valence-corrected chi connectivity index (χ2v) is 4.83. The van der Waals surface area contributed by atoms with Crippen molar-refractivity contribution in [2.45, 2.75) is 6.42 Å². The van der Waals surface area contributed by atoms with Gasteiger partial charge in [0.1, 0.15) is 0 Å². The number of para-hydroxylation sites is 1. The van der Waals surface area contributed by atoms with E-state index < -0.39 is 10.1 Å². The molecule has 0 saturated heterocycles. The van der Waals surface area contributed by atoms with Crippen LogP contribution in [0, 0.1) is 0 Å². The van der Waals surface area contributed by atoms with Crippen molar-refractivity contribution in [3.8, 4) is 0 Å². The number of benzene rings is 1. The van der Waals surface area contributed by atoms with Crippen LogP contribution in [0.3, 0.4) is 0 Å². The second-order valence-electron chi connectivity index (χ2n) is 3.27. The van der Waals surface area contributed by atoms with Gasteiger partial charge < -0.3 is 11.0 Å². The van der Waals surface area contributed by atoms with Crippen molar-refractivity contribution in [3.05, 3.63) is 29.8 Å². The minimum Gasteiger partial charge on any atom is -0.412 e. The summed E-state index contributed by atoms with van der Waals surface area (Å²) in [6.45, 7) is 0. The molecular formula is C9H13NO6S. The maximum atomic E-state index is 11.4. The summed E-state index contributed by atoms with van der Waals surface area (Å²) >= 11 is 0. The lowest BCUT2D eigenvalue weighted by molar-refractivity contribution is -0.121. The highest BCUT2D eigenvalue weighted by atomic mass is 32.2. The number of nitrogens with zero attached hydrogens (tertiary/aromatic N) is 1. The second kappa shape index (κ2) is 5.23. The first-order valence-electron chi connectivity index (χ1n) is 4.28. The van der Waals surface area contributed by atoms with Crippen molar-refractivity contribution in [1.82, 2.24) is 0 Å². The average Bonchev–Trinajstić information content (AvgIpc) is 2.41. The van der Waals surface area contributed by atoms with Crippen molar-refractivity contribution in [3.63, 3.8) is 0 Å². The summed E-state index contributed by atoms with van der Waals surface area (Å²) in [5.74, 6) is -0.373. The first-order chi connectivity index (χ1) is 6.97. The zero-order valence-electron chi connectivity index (χ0n) is 9.00. The third-order valence-corrected chi connectivity index (χ3v) is 2.41. The van der Waals surface area contributed by atoms with Crippen molar-refractivity contribution in [2.75, 3.05) is 11.3 Å². The van der Waals surface area contributed by atoms with Crippen LogP contribution in [0.2, 0.25) is 0 Å². The fourth-order valence-electron chi connectivity index (χ4n) is 1.44. The van der Waals surface area contributed by atoms with E-state index in [2.05, 4.69) is 4.28 Å². The van der Waals surface area contributed by atoms with E-state index in [4.69, 9.17) is 0 Å². The van der Waals surface area contributed by atoms with Crippen LogP contribution in [0.15, 0.2) is 24.3 Å². The van der Waals surface area contributed by atoms with Crippen LogP contribution in [0.1, 0.15) is 5.56 Å². The Labute approximate surface area is 98.3 Å². The highest BCUT2D eigenvalue weighted by Gasteiger charge is 2.30. The standard InChI is InChI=1S/C9H9NO4S.2H2O/c1-15(12,13)14-10-8-5-3-2-4-7(8)6-9(10)11;;/h2-5H,6H2,1H3;2*1H2. The Bertz CT molecular complexity index is 512. The zero-order valence-corrected chi connectivity index (χ0v) is 9.82. The van der Waals surface area contributed by atoms with Crippen LogP contribution in [-0.4, -0.2) is 31.5 Å². The van der Waals surface area contributed by atoms with Crippen LogP contribution in [0.25, 0.3) is 0 Å². The number of anilines is 1. The average molecular weight is 263 g/mol.